The van der Waals surface area contributed by atoms with Gasteiger partial charge < -0.3 is 14.4 Å². The average Bonchev–Trinajstić information content (AvgIpc) is 2.90. The Labute approximate surface area is 143 Å². The van der Waals surface area contributed by atoms with E-state index in [1.807, 2.05) is 6.08 Å². The van der Waals surface area contributed by atoms with E-state index in [2.05, 4.69) is 39.2 Å². The van der Waals surface area contributed by atoms with Crippen LogP contribution in [0, 0.1) is 11.3 Å². The molecule has 0 radical (unpaired) electrons. The van der Waals surface area contributed by atoms with Crippen LogP contribution in [0.1, 0.15) is 66.2 Å². The van der Waals surface area contributed by atoms with E-state index in [1.54, 1.807) is 0 Å². The summed E-state index contributed by atoms with van der Waals surface area (Å²) in [5.74, 6) is 0.541. The summed E-state index contributed by atoms with van der Waals surface area (Å²) in [5.41, 5.74) is 0.409. The normalized spacial score (nSPS) is 31.9. The van der Waals surface area contributed by atoms with Crippen LogP contribution in [0.3, 0.4) is 0 Å². The van der Waals surface area contributed by atoms with Crippen LogP contribution in [0.2, 0.25) is 0 Å². The van der Waals surface area contributed by atoms with E-state index in [1.165, 1.54) is 12.8 Å². The van der Waals surface area contributed by atoms with Gasteiger partial charge in [0, 0.05) is 25.9 Å². The van der Waals surface area contributed by atoms with Crippen molar-refractivity contribution >= 4 is 0 Å². The lowest BCUT2D eigenvalue weighted by Crippen LogP contribution is -2.39. The van der Waals surface area contributed by atoms with Crippen molar-refractivity contribution in [2.45, 2.75) is 78.1 Å². The van der Waals surface area contributed by atoms with Gasteiger partial charge in [0.05, 0.1) is 12.7 Å². The lowest BCUT2D eigenvalue weighted by molar-refractivity contribution is -0.197. The molecule has 0 bridgehead atoms. The molecule has 3 nitrogen and oxygen atoms in total. The maximum Gasteiger partial charge on any atom is 0.168 e. The third-order valence-corrected chi connectivity index (χ3v) is 5.75. The van der Waals surface area contributed by atoms with Crippen molar-refractivity contribution in [2.75, 3.05) is 26.2 Å². The predicted molar refractivity (Wildman–Crippen MR) is 96.5 cm³/mol. The van der Waals surface area contributed by atoms with Gasteiger partial charge in [-0.05, 0) is 43.6 Å². The van der Waals surface area contributed by atoms with E-state index in [4.69, 9.17) is 9.47 Å². The molecule has 1 atom stereocenters. The zero-order chi connectivity index (χ0) is 16.9. The summed E-state index contributed by atoms with van der Waals surface area (Å²) in [6.45, 7) is 17.2. The van der Waals surface area contributed by atoms with Gasteiger partial charge in [-0.3, -0.25) is 0 Å². The molecule has 2 rings (SSSR count). The minimum Gasteiger partial charge on any atom is -0.347 e. The number of hydrogen-bond donors (Lipinski definition) is 0. The van der Waals surface area contributed by atoms with Crippen LogP contribution < -0.4 is 0 Å². The van der Waals surface area contributed by atoms with Gasteiger partial charge in [-0.15, -0.1) is 6.58 Å². The summed E-state index contributed by atoms with van der Waals surface area (Å²) >= 11 is 0. The highest BCUT2D eigenvalue weighted by molar-refractivity contribution is 4.89. The summed E-state index contributed by atoms with van der Waals surface area (Å²) in [4.78, 5) is 2.48. The number of rotatable bonds is 7. The summed E-state index contributed by atoms with van der Waals surface area (Å²) in [6.07, 6.45) is 9.02. The predicted octanol–water partition coefficient (Wildman–Crippen LogP) is 4.62. The van der Waals surface area contributed by atoms with Crippen molar-refractivity contribution in [3.63, 3.8) is 0 Å². The monoisotopic (exact) mass is 323 g/mol. The van der Waals surface area contributed by atoms with Crippen molar-refractivity contribution in [3.05, 3.63) is 12.7 Å². The van der Waals surface area contributed by atoms with Crippen molar-refractivity contribution < 1.29 is 9.47 Å². The summed E-state index contributed by atoms with van der Waals surface area (Å²) < 4.78 is 12.5. The fourth-order valence-electron chi connectivity index (χ4n) is 3.97. The molecule has 2 aliphatic rings. The molecule has 1 aliphatic carbocycles. The van der Waals surface area contributed by atoms with Crippen LogP contribution in [-0.4, -0.2) is 43.0 Å². The minimum atomic E-state index is -0.259. The first-order chi connectivity index (χ1) is 10.9. The Bertz CT molecular complexity index is 366. The van der Waals surface area contributed by atoms with Gasteiger partial charge in [-0.25, -0.2) is 0 Å². The van der Waals surface area contributed by atoms with Crippen molar-refractivity contribution in [1.82, 2.24) is 4.90 Å². The highest BCUT2D eigenvalue weighted by atomic mass is 16.7. The van der Waals surface area contributed by atoms with Crippen LogP contribution in [0.5, 0.6) is 0 Å². The van der Waals surface area contributed by atoms with E-state index < -0.39 is 0 Å². The molecule has 1 saturated heterocycles. The summed E-state index contributed by atoms with van der Waals surface area (Å²) in [5, 5.41) is 0. The fourth-order valence-corrected chi connectivity index (χ4v) is 3.97. The van der Waals surface area contributed by atoms with Crippen LogP contribution in [0.15, 0.2) is 12.7 Å². The van der Waals surface area contributed by atoms with Crippen LogP contribution in [-0.2, 0) is 9.47 Å². The lowest BCUT2D eigenvalue weighted by atomic mass is 9.71. The highest BCUT2D eigenvalue weighted by Gasteiger charge is 2.45. The molecule has 3 heteroatoms. The highest BCUT2D eigenvalue weighted by Crippen LogP contribution is 2.45. The third-order valence-electron chi connectivity index (χ3n) is 5.75. The molecular weight excluding hydrogens is 286 g/mol. The smallest absolute Gasteiger partial charge is 0.168 e. The molecule has 0 aromatic heterocycles. The number of hydrogen-bond acceptors (Lipinski definition) is 3. The standard InChI is InChI=1S/C20H37NO2/c1-6-8-14-21(7-2)15-11-18-16-22-20(23-18)12-9-17(10-13-20)19(3,4)5/h6,17-18H,1,7-16H2,2-5H3. The number of ether oxygens (including phenoxy) is 2. The zero-order valence-corrected chi connectivity index (χ0v) is 15.8. The Morgan fingerprint density at radius 2 is 1.91 bits per heavy atom. The van der Waals surface area contributed by atoms with E-state index in [9.17, 15) is 0 Å². The van der Waals surface area contributed by atoms with Gasteiger partial charge in [-0.1, -0.05) is 33.8 Å². The van der Waals surface area contributed by atoms with Crippen LogP contribution in [0.4, 0.5) is 0 Å². The first kappa shape index (κ1) is 19.0. The van der Waals surface area contributed by atoms with Gasteiger partial charge in [-0.2, -0.15) is 0 Å². The van der Waals surface area contributed by atoms with Crippen molar-refractivity contribution in [3.8, 4) is 0 Å². The van der Waals surface area contributed by atoms with E-state index >= 15 is 0 Å². The first-order valence-corrected chi connectivity index (χ1v) is 9.53. The summed E-state index contributed by atoms with van der Waals surface area (Å²) in [6, 6.07) is 0. The summed E-state index contributed by atoms with van der Waals surface area (Å²) in [7, 11) is 0. The maximum absolute atomic E-state index is 6.38. The maximum atomic E-state index is 6.38. The lowest BCUT2D eigenvalue weighted by Gasteiger charge is -2.41. The molecule has 23 heavy (non-hydrogen) atoms. The SMILES string of the molecule is C=CCCN(CC)CCC1COC2(CCC(C(C)(C)C)CC2)O1. The molecule has 0 aromatic carbocycles. The van der Waals surface area contributed by atoms with Gasteiger partial charge in [0.1, 0.15) is 0 Å². The second kappa shape index (κ2) is 8.13. The zero-order valence-electron chi connectivity index (χ0n) is 15.8. The molecule has 0 N–H and O–H groups in total. The third kappa shape index (κ3) is 5.30. The first-order valence-electron chi connectivity index (χ1n) is 9.53. The molecule has 1 saturated carbocycles. The van der Waals surface area contributed by atoms with Gasteiger partial charge in [0.15, 0.2) is 5.79 Å². The Kier molecular flexibility index (Phi) is 6.70. The molecule has 134 valence electrons. The number of nitrogens with zero attached hydrogens (tertiary/aromatic N) is 1. The second-order valence-electron chi connectivity index (χ2n) is 8.40. The molecular formula is C20H37NO2. The quantitative estimate of drug-likeness (QED) is 0.638. The Hall–Kier alpha value is -0.380. The molecule has 1 unspecified atom stereocenters. The van der Waals surface area contributed by atoms with Gasteiger partial charge in [0.25, 0.3) is 0 Å². The van der Waals surface area contributed by atoms with E-state index in [-0.39, 0.29) is 11.9 Å². The topological polar surface area (TPSA) is 21.7 Å². The molecule has 0 aromatic rings. The van der Waals surface area contributed by atoms with Crippen molar-refractivity contribution in [2.24, 2.45) is 11.3 Å². The molecule has 0 amide bonds. The Morgan fingerprint density at radius 1 is 1.22 bits per heavy atom. The molecule has 2 fully saturated rings. The second-order valence-corrected chi connectivity index (χ2v) is 8.40. The largest absolute Gasteiger partial charge is 0.347 e. The van der Waals surface area contributed by atoms with Crippen LogP contribution in [0.25, 0.3) is 0 Å². The van der Waals surface area contributed by atoms with Gasteiger partial charge >= 0.3 is 0 Å². The Morgan fingerprint density at radius 3 is 2.48 bits per heavy atom. The molecule has 1 heterocycles. The molecule has 1 spiro atoms. The van der Waals surface area contributed by atoms with Crippen molar-refractivity contribution in [1.29, 1.82) is 0 Å². The minimum absolute atomic E-state index is 0.259. The fraction of sp³-hybridized carbons (Fsp3) is 0.900. The Balaban J connectivity index is 1.75. The van der Waals surface area contributed by atoms with Gasteiger partial charge in [0.2, 0.25) is 0 Å². The molecule has 1 aliphatic heterocycles. The average molecular weight is 324 g/mol. The van der Waals surface area contributed by atoms with Crippen LogP contribution >= 0.6 is 0 Å². The van der Waals surface area contributed by atoms with E-state index in [0.717, 1.165) is 57.8 Å². The van der Waals surface area contributed by atoms with E-state index in [0.29, 0.717) is 5.41 Å².